The van der Waals surface area contributed by atoms with Gasteiger partial charge >= 0.3 is 0 Å². The highest BCUT2D eigenvalue weighted by molar-refractivity contribution is 5.81. The van der Waals surface area contributed by atoms with E-state index in [2.05, 4.69) is 25.3 Å². The minimum absolute atomic E-state index is 0.321. The van der Waals surface area contributed by atoms with Gasteiger partial charge in [-0.2, -0.15) is 0 Å². The van der Waals surface area contributed by atoms with Crippen molar-refractivity contribution in [2.24, 2.45) is 11.7 Å². The molecule has 0 amide bonds. The molecule has 17 heavy (non-hydrogen) atoms. The van der Waals surface area contributed by atoms with Crippen LogP contribution in [-0.2, 0) is 0 Å². The summed E-state index contributed by atoms with van der Waals surface area (Å²) >= 11 is 0. The maximum atomic E-state index is 6.04. The van der Waals surface area contributed by atoms with E-state index < -0.39 is 0 Å². The first-order chi connectivity index (χ1) is 8.34. The first-order valence-electron chi connectivity index (χ1n) is 5.98. The summed E-state index contributed by atoms with van der Waals surface area (Å²) in [6.07, 6.45) is 6.73. The van der Waals surface area contributed by atoms with Crippen molar-refractivity contribution >= 4 is 17.0 Å². The van der Waals surface area contributed by atoms with E-state index in [1.165, 1.54) is 19.2 Å². The Morgan fingerprint density at radius 2 is 2.29 bits per heavy atom. The van der Waals surface area contributed by atoms with E-state index in [0.717, 1.165) is 24.3 Å². The molecule has 6 nitrogen and oxygen atoms in total. The second kappa shape index (κ2) is 4.29. The van der Waals surface area contributed by atoms with Crippen molar-refractivity contribution in [2.75, 3.05) is 11.9 Å². The van der Waals surface area contributed by atoms with Crippen molar-refractivity contribution < 1.29 is 0 Å². The Morgan fingerprint density at radius 1 is 1.35 bits per heavy atom. The van der Waals surface area contributed by atoms with Gasteiger partial charge in [-0.05, 0) is 18.8 Å². The highest BCUT2D eigenvalue weighted by Crippen LogP contribution is 2.24. The summed E-state index contributed by atoms with van der Waals surface area (Å²) in [6, 6.07) is 0.321. The van der Waals surface area contributed by atoms with Crippen molar-refractivity contribution in [2.45, 2.75) is 25.3 Å². The van der Waals surface area contributed by atoms with Crippen LogP contribution in [0.4, 0.5) is 5.82 Å². The van der Waals surface area contributed by atoms with Crippen molar-refractivity contribution in [3.63, 3.8) is 0 Å². The molecule has 4 N–H and O–H groups in total. The Kier molecular flexibility index (Phi) is 2.64. The number of nitrogens with two attached hydrogens (primary N) is 1. The SMILES string of the molecule is NC1CCCC1CNc1ncnc2nc[nH]c12. The predicted octanol–water partition coefficient (Wildman–Crippen LogP) is 0.892. The van der Waals surface area contributed by atoms with Crippen LogP contribution in [0.1, 0.15) is 19.3 Å². The molecule has 0 radical (unpaired) electrons. The number of aromatic nitrogens is 4. The Morgan fingerprint density at radius 3 is 3.12 bits per heavy atom. The van der Waals surface area contributed by atoms with Gasteiger partial charge in [0.1, 0.15) is 11.8 Å². The Bertz CT molecular complexity index is 507. The molecule has 90 valence electrons. The van der Waals surface area contributed by atoms with Gasteiger partial charge in [0.25, 0.3) is 0 Å². The van der Waals surface area contributed by atoms with Crippen molar-refractivity contribution in [1.82, 2.24) is 19.9 Å². The van der Waals surface area contributed by atoms with Crippen LogP contribution in [0.15, 0.2) is 12.7 Å². The van der Waals surface area contributed by atoms with E-state index >= 15 is 0 Å². The Labute approximate surface area is 99.1 Å². The second-order valence-electron chi connectivity index (χ2n) is 4.56. The topological polar surface area (TPSA) is 92.5 Å². The number of nitrogens with one attached hydrogen (secondary N) is 2. The van der Waals surface area contributed by atoms with Crippen LogP contribution in [0.5, 0.6) is 0 Å². The van der Waals surface area contributed by atoms with Gasteiger partial charge in [0, 0.05) is 12.6 Å². The summed E-state index contributed by atoms with van der Waals surface area (Å²) in [5.41, 5.74) is 7.60. The molecule has 2 aromatic heterocycles. The van der Waals surface area contributed by atoms with Gasteiger partial charge in [0.2, 0.25) is 0 Å². The third kappa shape index (κ3) is 1.95. The van der Waals surface area contributed by atoms with E-state index in [9.17, 15) is 0 Å². The van der Waals surface area contributed by atoms with Crippen LogP contribution >= 0.6 is 0 Å². The van der Waals surface area contributed by atoms with Gasteiger partial charge < -0.3 is 16.0 Å². The standard InChI is InChI=1S/C11H16N6/c12-8-3-1-2-7(8)4-13-10-9-11(15-5-14-9)17-6-16-10/h5-8H,1-4,12H2,(H2,13,14,15,16,17). The molecular formula is C11H16N6. The molecule has 2 heterocycles. The number of aromatic amines is 1. The summed E-state index contributed by atoms with van der Waals surface area (Å²) in [6.45, 7) is 0.867. The fraction of sp³-hybridized carbons (Fsp3) is 0.545. The van der Waals surface area contributed by atoms with Crippen LogP contribution in [0, 0.1) is 5.92 Å². The van der Waals surface area contributed by atoms with Crippen LogP contribution in [0.25, 0.3) is 11.2 Å². The first-order valence-corrected chi connectivity index (χ1v) is 5.98. The van der Waals surface area contributed by atoms with Crippen LogP contribution in [-0.4, -0.2) is 32.5 Å². The zero-order valence-electron chi connectivity index (χ0n) is 9.56. The molecule has 2 aromatic rings. The van der Waals surface area contributed by atoms with Gasteiger partial charge in [-0.15, -0.1) is 0 Å². The highest BCUT2D eigenvalue weighted by atomic mass is 15.1. The van der Waals surface area contributed by atoms with Gasteiger partial charge in [-0.1, -0.05) is 6.42 Å². The summed E-state index contributed by atoms with van der Waals surface area (Å²) in [4.78, 5) is 15.5. The quantitative estimate of drug-likeness (QED) is 0.731. The number of imidazole rings is 1. The zero-order valence-corrected chi connectivity index (χ0v) is 9.56. The van der Waals surface area contributed by atoms with E-state index in [1.54, 1.807) is 6.33 Å². The van der Waals surface area contributed by atoms with E-state index in [-0.39, 0.29) is 0 Å². The van der Waals surface area contributed by atoms with Gasteiger partial charge in [0.05, 0.1) is 6.33 Å². The molecule has 1 aliphatic rings. The molecule has 1 saturated carbocycles. The van der Waals surface area contributed by atoms with Crippen LogP contribution < -0.4 is 11.1 Å². The molecule has 0 spiro atoms. The maximum absolute atomic E-state index is 6.04. The summed E-state index contributed by atoms with van der Waals surface area (Å²) in [5.74, 6) is 1.36. The minimum atomic E-state index is 0.321. The number of fused-ring (bicyclic) bond motifs is 1. The van der Waals surface area contributed by atoms with Crippen molar-refractivity contribution in [3.8, 4) is 0 Å². The lowest BCUT2D eigenvalue weighted by atomic mass is 10.1. The molecule has 6 heteroatoms. The van der Waals surface area contributed by atoms with Gasteiger partial charge in [0.15, 0.2) is 11.5 Å². The number of anilines is 1. The molecule has 0 saturated heterocycles. The number of rotatable bonds is 3. The van der Waals surface area contributed by atoms with E-state index in [0.29, 0.717) is 17.6 Å². The molecule has 0 aliphatic heterocycles. The average molecular weight is 232 g/mol. The second-order valence-corrected chi connectivity index (χ2v) is 4.56. The molecule has 2 unspecified atom stereocenters. The fourth-order valence-electron chi connectivity index (χ4n) is 2.45. The zero-order chi connectivity index (χ0) is 11.7. The first kappa shape index (κ1) is 10.5. The number of H-pyrrole nitrogens is 1. The van der Waals surface area contributed by atoms with E-state index in [1.807, 2.05) is 0 Å². The summed E-state index contributed by atoms with van der Waals surface area (Å²) in [7, 11) is 0. The lowest BCUT2D eigenvalue weighted by Crippen LogP contribution is -2.29. The Balaban J connectivity index is 1.74. The molecule has 2 atom stereocenters. The third-order valence-electron chi connectivity index (χ3n) is 3.47. The van der Waals surface area contributed by atoms with Crippen LogP contribution in [0.2, 0.25) is 0 Å². The predicted molar refractivity (Wildman–Crippen MR) is 65.5 cm³/mol. The number of hydrogen-bond acceptors (Lipinski definition) is 5. The van der Waals surface area contributed by atoms with Gasteiger partial charge in [-0.3, -0.25) is 0 Å². The molecule has 3 rings (SSSR count). The molecular weight excluding hydrogens is 216 g/mol. The molecule has 0 aromatic carbocycles. The number of nitrogens with zero attached hydrogens (tertiary/aromatic N) is 3. The van der Waals surface area contributed by atoms with Crippen molar-refractivity contribution in [1.29, 1.82) is 0 Å². The fourth-order valence-corrected chi connectivity index (χ4v) is 2.45. The molecule has 1 aliphatic carbocycles. The van der Waals surface area contributed by atoms with Crippen LogP contribution in [0.3, 0.4) is 0 Å². The molecule has 0 bridgehead atoms. The minimum Gasteiger partial charge on any atom is -0.368 e. The normalized spacial score (nSPS) is 24.3. The highest BCUT2D eigenvalue weighted by Gasteiger charge is 2.23. The molecule has 1 fully saturated rings. The number of hydrogen-bond donors (Lipinski definition) is 3. The monoisotopic (exact) mass is 232 g/mol. The third-order valence-corrected chi connectivity index (χ3v) is 3.47. The lowest BCUT2D eigenvalue weighted by Gasteiger charge is -2.16. The largest absolute Gasteiger partial charge is 0.368 e. The lowest BCUT2D eigenvalue weighted by molar-refractivity contribution is 0.505. The maximum Gasteiger partial charge on any atom is 0.182 e. The van der Waals surface area contributed by atoms with Gasteiger partial charge in [-0.25, -0.2) is 15.0 Å². The van der Waals surface area contributed by atoms with E-state index in [4.69, 9.17) is 5.73 Å². The Hall–Kier alpha value is -1.69. The summed E-state index contributed by atoms with van der Waals surface area (Å²) < 4.78 is 0. The summed E-state index contributed by atoms with van der Waals surface area (Å²) in [5, 5.41) is 3.34. The van der Waals surface area contributed by atoms with Crippen molar-refractivity contribution in [3.05, 3.63) is 12.7 Å². The average Bonchev–Trinajstić information content (AvgIpc) is 2.95. The smallest absolute Gasteiger partial charge is 0.182 e.